The van der Waals surface area contributed by atoms with Gasteiger partial charge in [-0.25, -0.2) is 4.90 Å². The van der Waals surface area contributed by atoms with Gasteiger partial charge in [-0.2, -0.15) is 0 Å². The molecule has 3 rings (SSSR count). The lowest BCUT2D eigenvalue weighted by atomic mass is 10.1. The zero-order chi connectivity index (χ0) is 13.9. The van der Waals surface area contributed by atoms with Gasteiger partial charge in [0, 0.05) is 11.4 Å². The summed E-state index contributed by atoms with van der Waals surface area (Å²) in [5.41, 5.74) is 2.45. The molecule has 2 aromatic carbocycles. The fraction of sp³-hybridized carbons (Fsp3) is 0.235. The Labute approximate surface area is 124 Å². The first-order chi connectivity index (χ1) is 9.75. The van der Waals surface area contributed by atoms with Crippen LogP contribution in [0.15, 0.2) is 54.6 Å². The van der Waals surface area contributed by atoms with Crippen molar-refractivity contribution in [2.45, 2.75) is 6.42 Å². The zero-order valence-corrected chi connectivity index (χ0v) is 12.3. The summed E-state index contributed by atoms with van der Waals surface area (Å²) in [5.74, 6) is 1.26. The van der Waals surface area contributed by atoms with Gasteiger partial charge < -0.3 is 0 Å². The molecule has 0 atom stereocenters. The summed E-state index contributed by atoms with van der Waals surface area (Å²) < 4.78 is 2.33. The maximum atomic E-state index is 6.00. The van der Waals surface area contributed by atoms with Crippen LogP contribution in [0.25, 0.3) is 0 Å². The number of benzene rings is 2. The van der Waals surface area contributed by atoms with Crippen LogP contribution in [0.1, 0.15) is 12.0 Å². The summed E-state index contributed by atoms with van der Waals surface area (Å²) in [4.78, 5) is 2.37. The van der Waals surface area contributed by atoms with Gasteiger partial charge in [-0.3, -0.25) is 4.58 Å². The second-order valence-electron chi connectivity index (χ2n) is 5.09. The standard InChI is InChI=1S/C17H18ClN2/c1-19-12-5-13-20(16-10-8-15(18)9-11-16)17(19)14-6-3-2-4-7-14/h2-4,6-11H,5,12-13H2,1H3/q+1. The number of halogens is 1. The van der Waals surface area contributed by atoms with Crippen molar-refractivity contribution in [3.8, 4) is 0 Å². The Hall–Kier alpha value is -1.80. The smallest absolute Gasteiger partial charge is 0.264 e. The van der Waals surface area contributed by atoms with Crippen LogP contribution in [0, 0.1) is 0 Å². The van der Waals surface area contributed by atoms with Crippen LogP contribution in [0.5, 0.6) is 0 Å². The Morgan fingerprint density at radius 3 is 2.40 bits per heavy atom. The Bertz CT molecular complexity index is 617. The van der Waals surface area contributed by atoms with Crippen LogP contribution in [0.2, 0.25) is 5.02 Å². The molecule has 0 aliphatic carbocycles. The van der Waals surface area contributed by atoms with Gasteiger partial charge in [-0.15, -0.1) is 0 Å². The lowest BCUT2D eigenvalue weighted by Gasteiger charge is -2.25. The lowest BCUT2D eigenvalue weighted by Crippen LogP contribution is -2.43. The van der Waals surface area contributed by atoms with Crippen molar-refractivity contribution in [3.63, 3.8) is 0 Å². The Morgan fingerprint density at radius 1 is 1.00 bits per heavy atom. The predicted molar refractivity (Wildman–Crippen MR) is 85.0 cm³/mol. The van der Waals surface area contributed by atoms with Crippen LogP contribution < -0.4 is 4.90 Å². The molecule has 102 valence electrons. The molecule has 0 saturated carbocycles. The summed E-state index contributed by atoms with van der Waals surface area (Å²) in [6.07, 6.45) is 1.16. The maximum Gasteiger partial charge on any atom is 0.284 e. The third-order valence-corrected chi connectivity index (χ3v) is 3.91. The van der Waals surface area contributed by atoms with E-state index in [9.17, 15) is 0 Å². The van der Waals surface area contributed by atoms with Gasteiger partial charge in [-0.05, 0) is 36.4 Å². The second-order valence-corrected chi connectivity index (χ2v) is 5.53. The van der Waals surface area contributed by atoms with Crippen LogP contribution in [0.3, 0.4) is 0 Å². The number of amidine groups is 1. The third kappa shape index (κ3) is 2.56. The van der Waals surface area contributed by atoms with E-state index in [-0.39, 0.29) is 0 Å². The molecular formula is C17H18ClN2+. The van der Waals surface area contributed by atoms with Crippen LogP contribution >= 0.6 is 11.6 Å². The van der Waals surface area contributed by atoms with E-state index in [1.807, 2.05) is 12.1 Å². The first-order valence-electron chi connectivity index (χ1n) is 6.92. The van der Waals surface area contributed by atoms with Crippen molar-refractivity contribution in [2.24, 2.45) is 0 Å². The van der Waals surface area contributed by atoms with Crippen LogP contribution in [0.4, 0.5) is 5.69 Å². The summed E-state index contributed by atoms with van der Waals surface area (Å²) in [6.45, 7) is 2.13. The van der Waals surface area contributed by atoms with Crippen molar-refractivity contribution in [1.82, 2.24) is 0 Å². The minimum atomic E-state index is 0.778. The van der Waals surface area contributed by atoms with Gasteiger partial charge >= 0.3 is 0 Å². The van der Waals surface area contributed by atoms with Gasteiger partial charge in [-0.1, -0.05) is 29.8 Å². The lowest BCUT2D eigenvalue weighted by molar-refractivity contribution is -0.501. The topological polar surface area (TPSA) is 6.25 Å². The molecule has 1 aliphatic rings. The highest BCUT2D eigenvalue weighted by atomic mass is 35.5. The number of rotatable bonds is 2. The van der Waals surface area contributed by atoms with Gasteiger partial charge in [0.05, 0.1) is 25.7 Å². The Kier molecular flexibility index (Phi) is 3.75. The number of nitrogens with zero attached hydrogens (tertiary/aromatic N) is 2. The highest BCUT2D eigenvalue weighted by molar-refractivity contribution is 6.30. The van der Waals surface area contributed by atoms with Crippen molar-refractivity contribution < 1.29 is 4.58 Å². The maximum absolute atomic E-state index is 6.00. The van der Waals surface area contributed by atoms with Gasteiger partial charge in [0.1, 0.15) is 5.69 Å². The van der Waals surface area contributed by atoms with E-state index in [0.29, 0.717) is 0 Å². The molecule has 0 spiro atoms. The molecule has 2 nitrogen and oxygen atoms in total. The quantitative estimate of drug-likeness (QED) is 0.764. The molecule has 2 aromatic rings. The molecule has 0 bridgehead atoms. The summed E-state index contributed by atoms with van der Waals surface area (Å²) in [5, 5.41) is 0.778. The zero-order valence-electron chi connectivity index (χ0n) is 11.6. The number of anilines is 1. The van der Waals surface area contributed by atoms with E-state index in [2.05, 4.69) is 59.0 Å². The van der Waals surface area contributed by atoms with Crippen LogP contribution in [-0.4, -0.2) is 30.5 Å². The minimum absolute atomic E-state index is 0.778. The predicted octanol–water partition coefficient (Wildman–Crippen LogP) is 3.64. The minimum Gasteiger partial charge on any atom is -0.264 e. The SMILES string of the molecule is C[N+]1=C(c2ccccc2)N(c2ccc(Cl)cc2)CCC1. The van der Waals surface area contributed by atoms with Gasteiger partial charge in [0.15, 0.2) is 0 Å². The molecule has 3 heteroatoms. The van der Waals surface area contributed by atoms with E-state index < -0.39 is 0 Å². The molecule has 20 heavy (non-hydrogen) atoms. The fourth-order valence-corrected chi connectivity index (χ4v) is 2.85. The summed E-state index contributed by atoms with van der Waals surface area (Å²) >= 11 is 6.00. The van der Waals surface area contributed by atoms with Crippen molar-refractivity contribution in [1.29, 1.82) is 0 Å². The molecule has 0 unspecified atom stereocenters. The van der Waals surface area contributed by atoms with Crippen LogP contribution in [-0.2, 0) is 0 Å². The molecule has 1 heterocycles. The molecule has 0 amide bonds. The molecule has 0 saturated heterocycles. The molecular weight excluding hydrogens is 268 g/mol. The highest BCUT2D eigenvalue weighted by Gasteiger charge is 2.28. The normalized spacial score (nSPS) is 15.6. The third-order valence-electron chi connectivity index (χ3n) is 3.66. The van der Waals surface area contributed by atoms with Crippen molar-refractivity contribution in [2.75, 3.05) is 25.0 Å². The number of hydrogen-bond acceptors (Lipinski definition) is 1. The first kappa shape index (κ1) is 13.2. The highest BCUT2D eigenvalue weighted by Crippen LogP contribution is 2.22. The summed E-state index contributed by atoms with van der Waals surface area (Å²) in [6, 6.07) is 18.6. The Morgan fingerprint density at radius 2 is 1.70 bits per heavy atom. The van der Waals surface area contributed by atoms with E-state index in [1.165, 1.54) is 17.1 Å². The van der Waals surface area contributed by atoms with Gasteiger partial charge in [0.25, 0.3) is 5.84 Å². The average Bonchev–Trinajstić information content (AvgIpc) is 2.49. The largest absolute Gasteiger partial charge is 0.284 e. The molecule has 0 fully saturated rings. The van der Waals surface area contributed by atoms with Crippen molar-refractivity contribution in [3.05, 3.63) is 65.2 Å². The molecule has 0 N–H and O–H groups in total. The molecule has 1 aliphatic heterocycles. The molecule has 0 radical (unpaired) electrons. The van der Waals surface area contributed by atoms with E-state index in [4.69, 9.17) is 11.6 Å². The van der Waals surface area contributed by atoms with E-state index >= 15 is 0 Å². The average molecular weight is 286 g/mol. The Balaban J connectivity index is 2.05. The van der Waals surface area contributed by atoms with Gasteiger partial charge in [0.2, 0.25) is 0 Å². The van der Waals surface area contributed by atoms with E-state index in [0.717, 1.165) is 24.5 Å². The second kappa shape index (κ2) is 5.68. The fourth-order valence-electron chi connectivity index (χ4n) is 2.72. The molecule has 0 aromatic heterocycles. The number of hydrogen-bond donors (Lipinski definition) is 0. The monoisotopic (exact) mass is 285 g/mol. The van der Waals surface area contributed by atoms with E-state index in [1.54, 1.807) is 0 Å². The summed E-state index contributed by atoms with van der Waals surface area (Å²) in [7, 11) is 2.16. The first-order valence-corrected chi connectivity index (χ1v) is 7.30. The van der Waals surface area contributed by atoms with Crippen molar-refractivity contribution >= 4 is 23.1 Å².